The lowest BCUT2D eigenvalue weighted by molar-refractivity contribution is -0.384. The Bertz CT molecular complexity index is 613. The van der Waals surface area contributed by atoms with Crippen molar-refractivity contribution in [3.8, 4) is 12.3 Å². The van der Waals surface area contributed by atoms with Crippen molar-refractivity contribution in [1.29, 1.82) is 0 Å². The number of rotatable bonds is 6. The number of amides is 1. The second-order valence-corrected chi connectivity index (χ2v) is 3.99. The normalized spacial score (nSPS) is 11.6. The molecule has 0 saturated heterocycles. The molecule has 1 unspecified atom stereocenters. The minimum Gasteiger partial charge on any atom is -0.480 e. The van der Waals surface area contributed by atoms with Gasteiger partial charge in [0, 0.05) is 24.6 Å². The predicted octanol–water partition coefficient (Wildman–Crippen LogP) is 1.20. The van der Waals surface area contributed by atoms with Crippen LogP contribution in [0, 0.1) is 22.5 Å². The molecule has 2 N–H and O–H groups in total. The Balaban J connectivity index is 2.67. The smallest absolute Gasteiger partial charge is 0.327 e. The number of carbonyl (C=O) groups excluding carboxylic acids is 1. The Kier molecular flexibility index (Phi) is 5.65. The Morgan fingerprint density at radius 3 is 2.52 bits per heavy atom. The summed E-state index contributed by atoms with van der Waals surface area (Å²) >= 11 is 0. The maximum Gasteiger partial charge on any atom is 0.327 e. The van der Waals surface area contributed by atoms with Gasteiger partial charge in [-0.05, 0) is 23.8 Å². The summed E-state index contributed by atoms with van der Waals surface area (Å²) in [5.41, 5.74) is 0.510. The number of nitrogens with one attached hydrogen (secondary N) is 1. The summed E-state index contributed by atoms with van der Waals surface area (Å²) in [7, 11) is 0. The first-order valence-corrected chi connectivity index (χ1v) is 5.83. The van der Waals surface area contributed by atoms with E-state index in [0.717, 1.165) is 6.08 Å². The van der Waals surface area contributed by atoms with Crippen molar-refractivity contribution in [2.45, 2.75) is 12.5 Å². The molecule has 1 aromatic rings. The third-order valence-electron chi connectivity index (χ3n) is 2.47. The number of terminal acetylenes is 1. The van der Waals surface area contributed by atoms with E-state index < -0.39 is 22.8 Å². The van der Waals surface area contributed by atoms with Gasteiger partial charge in [0.1, 0.15) is 6.04 Å². The number of carbonyl (C=O) groups is 2. The zero-order valence-electron chi connectivity index (χ0n) is 10.9. The highest BCUT2D eigenvalue weighted by Crippen LogP contribution is 2.12. The molecule has 1 atom stereocenters. The maximum atomic E-state index is 11.5. The predicted molar refractivity (Wildman–Crippen MR) is 75.1 cm³/mol. The molecule has 0 aliphatic heterocycles. The number of carboxylic acid groups (broad SMARTS) is 1. The summed E-state index contributed by atoms with van der Waals surface area (Å²) < 4.78 is 0. The fourth-order valence-electron chi connectivity index (χ4n) is 1.42. The fraction of sp³-hybridized carbons (Fsp3) is 0.143. The third kappa shape index (κ3) is 5.16. The highest BCUT2D eigenvalue weighted by Gasteiger charge is 2.17. The molecule has 0 saturated carbocycles. The minimum atomic E-state index is -1.22. The van der Waals surface area contributed by atoms with Crippen LogP contribution in [0.1, 0.15) is 12.0 Å². The quantitative estimate of drug-likeness (QED) is 0.354. The van der Waals surface area contributed by atoms with Crippen molar-refractivity contribution in [1.82, 2.24) is 5.32 Å². The maximum absolute atomic E-state index is 11.5. The summed E-state index contributed by atoms with van der Waals surface area (Å²) in [5.74, 6) is 0.329. The van der Waals surface area contributed by atoms with Crippen molar-refractivity contribution >= 4 is 23.6 Å². The average molecular weight is 288 g/mol. The van der Waals surface area contributed by atoms with Gasteiger partial charge in [0.2, 0.25) is 5.91 Å². The van der Waals surface area contributed by atoms with Gasteiger partial charge >= 0.3 is 5.97 Å². The van der Waals surface area contributed by atoms with Crippen molar-refractivity contribution in [2.24, 2.45) is 0 Å². The van der Waals surface area contributed by atoms with Gasteiger partial charge in [-0.1, -0.05) is 0 Å². The lowest BCUT2D eigenvalue weighted by Crippen LogP contribution is -2.39. The molecule has 0 aliphatic carbocycles. The van der Waals surface area contributed by atoms with Gasteiger partial charge in [0.15, 0.2) is 0 Å². The van der Waals surface area contributed by atoms with Crippen molar-refractivity contribution in [3.05, 3.63) is 46.0 Å². The van der Waals surface area contributed by atoms with Crippen molar-refractivity contribution < 1.29 is 19.6 Å². The number of hydrogen-bond donors (Lipinski definition) is 2. The molecule has 1 rings (SSSR count). The Hall–Kier alpha value is -3.14. The first-order valence-electron chi connectivity index (χ1n) is 5.83. The van der Waals surface area contributed by atoms with Crippen LogP contribution < -0.4 is 5.32 Å². The van der Waals surface area contributed by atoms with Crippen LogP contribution in [0.4, 0.5) is 5.69 Å². The molecule has 1 amide bonds. The molecule has 1 aromatic carbocycles. The molecular formula is C14H12N2O5. The number of aliphatic carboxylic acids is 1. The first-order chi connectivity index (χ1) is 9.93. The van der Waals surface area contributed by atoms with Gasteiger partial charge < -0.3 is 10.4 Å². The number of benzene rings is 1. The number of nitro groups is 1. The van der Waals surface area contributed by atoms with Gasteiger partial charge in [0.05, 0.1) is 4.92 Å². The molecule has 7 nitrogen and oxygen atoms in total. The molecule has 0 heterocycles. The van der Waals surface area contributed by atoms with Crippen LogP contribution in [-0.2, 0) is 9.59 Å². The summed E-state index contributed by atoms with van der Waals surface area (Å²) in [4.78, 5) is 32.3. The van der Waals surface area contributed by atoms with Gasteiger partial charge in [-0.25, -0.2) is 4.79 Å². The van der Waals surface area contributed by atoms with E-state index in [4.69, 9.17) is 11.5 Å². The van der Waals surface area contributed by atoms with Gasteiger partial charge in [-0.3, -0.25) is 14.9 Å². The summed E-state index contributed by atoms with van der Waals surface area (Å²) in [6.45, 7) is 0. The van der Waals surface area contributed by atoms with Crippen LogP contribution in [0.25, 0.3) is 6.08 Å². The van der Waals surface area contributed by atoms with E-state index in [2.05, 4.69) is 11.2 Å². The zero-order chi connectivity index (χ0) is 15.8. The molecule has 108 valence electrons. The molecule has 0 spiro atoms. The standard InChI is InChI=1S/C14H12N2O5/c1-2-3-12(14(18)19)15-13(17)9-6-10-4-7-11(8-5-10)16(20)21/h1,4-9,12H,3H2,(H,15,17)(H,18,19)/b9-6+. The monoisotopic (exact) mass is 288 g/mol. The molecule has 0 radical (unpaired) electrons. The van der Waals surface area contributed by atoms with Crippen molar-refractivity contribution in [3.63, 3.8) is 0 Å². The van der Waals surface area contributed by atoms with Crippen LogP contribution in [0.5, 0.6) is 0 Å². The molecule has 7 heteroatoms. The number of carboxylic acids is 1. The second kappa shape index (κ2) is 7.45. The lowest BCUT2D eigenvalue weighted by Gasteiger charge is -2.09. The Labute approximate surface area is 120 Å². The molecule has 0 fully saturated rings. The second-order valence-electron chi connectivity index (χ2n) is 3.99. The average Bonchev–Trinajstić information content (AvgIpc) is 2.45. The van der Waals surface area contributed by atoms with Crippen LogP contribution in [-0.4, -0.2) is 27.9 Å². The number of hydrogen-bond acceptors (Lipinski definition) is 4. The third-order valence-corrected chi connectivity index (χ3v) is 2.47. The van der Waals surface area contributed by atoms with Gasteiger partial charge in [-0.2, -0.15) is 0 Å². The van der Waals surface area contributed by atoms with E-state index >= 15 is 0 Å². The number of nitro benzene ring substituents is 1. The number of non-ortho nitro benzene ring substituents is 1. The molecule has 0 aromatic heterocycles. The van der Waals surface area contributed by atoms with E-state index in [1.165, 1.54) is 30.3 Å². The summed E-state index contributed by atoms with van der Waals surface area (Å²) in [5, 5.41) is 21.5. The SMILES string of the molecule is C#CCC(NC(=O)/C=C/c1ccc([N+](=O)[O-])cc1)C(=O)O. The molecule has 0 bridgehead atoms. The molecular weight excluding hydrogens is 276 g/mol. The minimum absolute atomic E-state index is 0.0587. The van der Waals surface area contributed by atoms with Crippen molar-refractivity contribution in [2.75, 3.05) is 0 Å². The molecule has 21 heavy (non-hydrogen) atoms. The highest BCUT2D eigenvalue weighted by atomic mass is 16.6. The van der Waals surface area contributed by atoms with E-state index in [1.807, 2.05) is 0 Å². The summed E-state index contributed by atoms with van der Waals surface area (Å²) in [6.07, 6.45) is 7.43. The topological polar surface area (TPSA) is 110 Å². The van der Waals surface area contributed by atoms with Crippen LogP contribution in [0.15, 0.2) is 30.3 Å². The van der Waals surface area contributed by atoms with Crippen LogP contribution >= 0.6 is 0 Å². The van der Waals surface area contributed by atoms with Crippen LogP contribution in [0.3, 0.4) is 0 Å². The van der Waals surface area contributed by atoms with E-state index in [1.54, 1.807) is 0 Å². The molecule has 0 aliphatic rings. The summed E-state index contributed by atoms with van der Waals surface area (Å²) in [6, 6.07) is 4.39. The first kappa shape index (κ1) is 15.9. The van der Waals surface area contributed by atoms with E-state index in [0.29, 0.717) is 5.56 Å². The van der Waals surface area contributed by atoms with Gasteiger partial charge in [0.25, 0.3) is 5.69 Å². The van der Waals surface area contributed by atoms with Gasteiger partial charge in [-0.15, -0.1) is 12.3 Å². The Morgan fingerprint density at radius 1 is 1.43 bits per heavy atom. The van der Waals surface area contributed by atoms with E-state index in [-0.39, 0.29) is 12.1 Å². The largest absolute Gasteiger partial charge is 0.480 e. The van der Waals surface area contributed by atoms with Crippen LogP contribution in [0.2, 0.25) is 0 Å². The number of nitrogens with zero attached hydrogens (tertiary/aromatic N) is 1. The Morgan fingerprint density at radius 2 is 2.05 bits per heavy atom. The zero-order valence-corrected chi connectivity index (χ0v) is 10.9. The lowest BCUT2D eigenvalue weighted by atomic mass is 10.2. The van der Waals surface area contributed by atoms with E-state index in [9.17, 15) is 19.7 Å². The highest BCUT2D eigenvalue weighted by molar-refractivity contribution is 5.94. The fourth-order valence-corrected chi connectivity index (χ4v) is 1.42.